The number of carbonyl (C=O) groups excluding carboxylic acids is 1. The molecule has 2 unspecified atom stereocenters. The molecule has 1 heterocycles. The number of likely N-dealkylation sites (tertiary alicyclic amines) is 1. The van der Waals surface area contributed by atoms with E-state index in [-0.39, 0.29) is 18.6 Å². The highest BCUT2D eigenvalue weighted by Crippen LogP contribution is 2.22. The van der Waals surface area contributed by atoms with Crippen LogP contribution in [0.1, 0.15) is 31.2 Å². The number of β-amino-alcohol motifs (C(OH)–C–C–N with tert-alkyl or cyclic N) is 1. The fourth-order valence-corrected chi connectivity index (χ4v) is 3.09. The number of aliphatic hydroxyl groups excluding tert-OH is 1. The molecule has 1 aliphatic heterocycles. The second-order valence-electron chi connectivity index (χ2n) is 6.72. The second kappa shape index (κ2) is 7.32. The summed E-state index contributed by atoms with van der Waals surface area (Å²) in [5, 5.41) is 13.3. The van der Waals surface area contributed by atoms with Crippen LogP contribution in [0.25, 0.3) is 0 Å². The molecule has 0 radical (unpaired) electrons. The number of nitrogens with one attached hydrogen (secondary N) is 1. The summed E-state index contributed by atoms with van der Waals surface area (Å²) in [6.45, 7) is 3.60. The Hall–Kier alpha value is -1.59. The Morgan fingerprint density at radius 3 is 3.00 bits per heavy atom. The quantitative estimate of drug-likeness (QED) is 0.799. The van der Waals surface area contributed by atoms with Crippen molar-refractivity contribution in [2.45, 2.75) is 50.8 Å². The molecule has 0 aromatic heterocycles. The first-order chi connectivity index (χ1) is 11.1. The monoisotopic (exact) mass is 318 g/mol. The molecule has 1 saturated heterocycles. The van der Waals surface area contributed by atoms with E-state index >= 15 is 0 Å². The molecule has 1 aromatic carbocycles. The Kier molecular flexibility index (Phi) is 5.18. The van der Waals surface area contributed by atoms with Crippen molar-refractivity contribution in [2.75, 3.05) is 19.7 Å². The molecule has 2 aliphatic rings. The third-order valence-electron chi connectivity index (χ3n) is 4.47. The van der Waals surface area contributed by atoms with Gasteiger partial charge in [-0.2, -0.15) is 0 Å². The van der Waals surface area contributed by atoms with Crippen molar-refractivity contribution in [3.05, 3.63) is 29.8 Å². The molecule has 1 aliphatic carbocycles. The molecule has 5 nitrogen and oxygen atoms in total. The van der Waals surface area contributed by atoms with Crippen molar-refractivity contribution in [1.29, 1.82) is 0 Å². The Morgan fingerprint density at radius 2 is 2.26 bits per heavy atom. The maximum atomic E-state index is 12.2. The van der Waals surface area contributed by atoms with E-state index < -0.39 is 6.10 Å². The molecular weight excluding hydrogens is 292 g/mol. The Bertz CT molecular complexity index is 545. The van der Waals surface area contributed by atoms with Crippen molar-refractivity contribution in [1.82, 2.24) is 10.2 Å². The van der Waals surface area contributed by atoms with Crippen LogP contribution >= 0.6 is 0 Å². The van der Waals surface area contributed by atoms with Gasteiger partial charge in [-0.1, -0.05) is 12.1 Å². The molecule has 1 amide bonds. The lowest BCUT2D eigenvalue weighted by atomic mass is 10.2. The zero-order chi connectivity index (χ0) is 16.2. The van der Waals surface area contributed by atoms with E-state index in [4.69, 9.17) is 4.74 Å². The third kappa shape index (κ3) is 4.69. The van der Waals surface area contributed by atoms with Gasteiger partial charge in [0.2, 0.25) is 5.91 Å². The molecule has 1 aromatic rings. The number of carbonyl (C=O) groups is 1. The van der Waals surface area contributed by atoms with Gasteiger partial charge in [0.15, 0.2) is 0 Å². The van der Waals surface area contributed by atoms with Gasteiger partial charge in [-0.15, -0.1) is 0 Å². The number of nitrogens with zero attached hydrogens (tertiary/aromatic N) is 1. The molecule has 5 heteroatoms. The Balaban J connectivity index is 1.46. The Morgan fingerprint density at radius 1 is 1.43 bits per heavy atom. The SMILES string of the molecule is Cc1cccc(OCC(O)CN2CCCC2C(=O)NC2CC2)c1. The summed E-state index contributed by atoms with van der Waals surface area (Å²) in [6.07, 6.45) is 3.50. The van der Waals surface area contributed by atoms with Gasteiger partial charge in [0.05, 0.1) is 6.04 Å². The van der Waals surface area contributed by atoms with Gasteiger partial charge in [-0.3, -0.25) is 9.69 Å². The molecular formula is C18H26N2O3. The summed E-state index contributed by atoms with van der Waals surface area (Å²) >= 11 is 0. The second-order valence-corrected chi connectivity index (χ2v) is 6.72. The van der Waals surface area contributed by atoms with Crippen LogP contribution in [0.3, 0.4) is 0 Å². The first-order valence-electron chi connectivity index (χ1n) is 8.54. The van der Waals surface area contributed by atoms with Gasteiger partial charge in [-0.05, 0) is 56.8 Å². The average Bonchev–Trinajstić information content (AvgIpc) is 3.21. The first-order valence-corrected chi connectivity index (χ1v) is 8.54. The van der Waals surface area contributed by atoms with Crippen LogP contribution in [0.2, 0.25) is 0 Å². The fourth-order valence-electron chi connectivity index (χ4n) is 3.09. The third-order valence-corrected chi connectivity index (χ3v) is 4.47. The number of benzene rings is 1. The van der Waals surface area contributed by atoms with E-state index in [0.717, 1.165) is 43.5 Å². The number of hydrogen-bond donors (Lipinski definition) is 2. The number of ether oxygens (including phenoxy) is 1. The Labute approximate surface area is 137 Å². The summed E-state index contributed by atoms with van der Waals surface area (Å²) < 4.78 is 5.65. The largest absolute Gasteiger partial charge is 0.491 e. The summed E-state index contributed by atoms with van der Waals surface area (Å²) in [7, 11) is 0. The average molecular weight is 318 g/mol. The van der Waals surface area contributed by atoms with Crippen molar-refractivity contribution in [3.8, 4) is 5.75 Å². The molecule has 3 rings (SSSR count). The predicted octanol–water partition coefficient (Wildman–Crippen LogP) is 1.48. The van der Waals surface area contributed by atoms with E-state index in [0.29, 0.717) is 12.6 Å². The highest BCUT2D eigenvalue weighted by Gasteiger charge is 2.34. The molecule has 126 valence electrons. The van der Waals surface area contributed by atoms with Crippen LogP contribution in [-0.4, -0.2) is 53.8 Å². The maximum absolute atomic E-state index is 12.2. The number of aryl methyl sites for hydroxylation is 1. The van der Waals surface area contributed by atoms with E-state index in [9.17, 15) is 9.90 Å². The zero-order valence-electron chi connectivity index (χ0n) is 13.7. The predicted molar refractivity (Wildman–Crippen MR) is 88.4 cm³/mol. The van der Waals surface area contributed by atoms with Crippen LogP contribution in [0.15, 0.2) is 24.3 Å². The number of rotatable bonds is 7. The summed E-state index contributed by atoms with van der Waals surface area (Å²) in [4.78, 5) is 14.3. The van der Waals surface area contributed by atoms with Gasteiger partial charge in [-0.25, -0.2) is 0 Å². The highest BCUT2D eigenvalue weighted by atomic mass is 16.5. The maximum Gasteiger partial charge on any atom is 0.237 e. The zero-order valence-corrected chi connectivity index (χ0v) is 13.7. The lowest BCUT2D eigenvalue weighted by Gasteiger charge is -2.26. The molecule has 0 spiro atoms. The van der Waals surface area contributed by atoms with Gasteiger partial charge < -0.3 is 15.2 Å². The van der Waals surface area contributed by atoms with Crippen molar-refractivity contribution < 1.29 is 14.6 Å². The lowest BCUT2D eigenvalue weighted by molar-refractivity contribution is -0.126. The lowest BCUT2D eigenvalue weighted by Crippen LogP contribution is -2.47. The molecule has 23 heavy (non-hydrogen) atoms. The topological polar surface area (TPSA) is 61.8 Å². The van der Waals surface area contributed by atoms with Crippen LogP contribution in [-0.2, 0) is 4.79 Å². The molecule has 2 fully saturated rings. The number of hydrogen-bond acceptors (Lipinski definition) is 4. The van der Waals surface area contributed by atoms with Crippen LogP contribution in [0.4, 0.5) is 0 Å². The van der Waals surface area contributed by atoms with E-state index in [2.05, 4.69) is 10.2 Å². The van der Waals surface area contributed by atoms with E-state index in [1.807, 2.05) is 31.2 Å². The number of aliphatic hydroxyl groups is 1. The smallest absolute Gasteiger partial charge is 0.237 e. The van der Waals surface area contributed by atoms with Crippen LogP contribution in [0.5, 0.6) is 5.75 Å². The van der Waals surface area contributed by atoms with Gasteiger partial charge in [0, 0.05) is 12.6 Å². The van der Waals surface area contributed by atoms with E-state index in [1.165, 1.54) is 0 Å². The van der Waals surface area contributed by atoms with Gasteiger partial charge in [0.25, 0.3) is 0 Å². The summed E-state index contributed by atoms with van der Waals surface area (Å²) in [5.41, 5.74) is 1.13. The van der Waals surface area contributed by atoms with Crippen molar-refractivity contribution in [3.63, 3.8) is 0 Å². The molecule has 2 N–H and O–H groups in total. The minimum absolute atomic E-state index is 0.0933. The van der Waals surface area contributed by atoms with Crippen molar-refractivity contribution in [2.24, 2.45) is 0 Å². The van der Waals surface area contributed by atoms with Crippen LogP contribution in [0, 0.1) is 6.92 Å². The normalized spacial score (nSPS) is 22.8. The highest BCUT2D eigenvalue weighted by molar-refractivity contribution is 5.82. The van der Waals surface area contributed by atoms with Crippen molar-refractivity contribution >= 4 is 5.91 Å². The number of amides is 1. The van der Waals surface area contributed by atoms with Gasteiger partial charge >= 0.3 is 0 Å². The molecule has 2 atom stereocenters. The fraction of sp³-hybridized carbons (Fsp3) is 0.611. The summed E-state index contributed by atoms with van der Waals surface area (Å²) in [6, 6.07) is 8.09. The minimum Gasteiger partial charge on any atom is -0.491 e. The minimum atomic E-state index is -0.593. The molecule has 1 saturated carbocycles. The van der Waals surface area contributed by atoms with E-state index in [1.54, 1.807) is 0 Å². The standard InChI is InChI=1S/C18H26N2O3/c1-13-4-2-5-16(10-13)23-12-15(21)11-20-9-3-6-17(20)18(22)19-14-7-8-14/h2,4-5,10,14-15,17,21H,3,6-9,11-12H2,1H3,(H,19,22). The van der Waals surface area contributed by atoms with Gasteiger partial charge in [0.1, 0.15) is 18.5 Å². The first kappa shape index (κ1) is 16.3. The van der Waals surface area contributed by atoms with Crippen LogP contribution < -0.4 is 10.1 Å². The molecule has 0 bridgehead atoms. The summed E-state index contributed by atoms with van der Waals surface area (Å²) in [5.74, 6) is 0.894.